The van der Waals surface area contributed by atoms with Crippen LogP contribution in [0.1, 0.15) is 6.92 Å². The lowest BCUT2D eigenvalue weighted by Crippen LogP contribution is -2.48. The second-order valence-corrected chi connectivity index (χ2v) is 11.0. The van der Waals surface area contributed by atoms with Crippen LogP contribution in [-0.2, 0) is 4.79 Å². The zero-order chi connectivity index (χ0) is 28.8. The fourth-order valence-electron chi connectivity index (χ4n) is 5.33. The van der Waals surface area contributed by atoms with Crippen molar-refractivity contribution in [1.82, 2.24) is 34.9 Å². The van der Waals surface area contributed by atoms with E-state index in [2.05, 4.69) is 33.6 Å². The quantitative estimate of drug-likeness (QED) is 0.255. The number of aromatic nitrogens is 5. The van der Waals surface area contributed by atoms with Gasteiger partial charge in [-0.25, -0.2) is 4.39 Å². The van der Waals surface area contributed by atoms with Gasteiger partial charge >= 0.3 is 6.01 Å². The number of anilines is 1. The van der Waals surface area contributed by atoms with Crippen LogP contribution < -0.4 is 14.4 Å². The largest absolute Gasteiger partial charge is 0.458 e. The number of piperazine rings is 1. The molecule has 2 aliphatic rings. The van der Waals surface area contributed by atoms with Gasteiger partial charge in [0, 0.05) is 51.3 Å². The highest BCUT2D eigenvalue weighted by molar-refractivity contribution is 6.33. The van der Waals surface area contributed by atoms with Gasteiger partial charge in [-0.2, -0.15) is 20.1 Å². The second-order valence-electron chi connectivity index (χ2n) is 10.3. The van der Waals surface area contributed by atoms with Gasteiger partial charge in [0.25, 0.3) is 0 Å². The van der Waals surface area contributed by atoms with Gasteiger partial charge in [-0.05, 0) is 19.2 Å². The smallest absolute Gasteiger partial charge is 0.319 e. The van der Waals surface area contributed by atoms with E-state index in [1.165, 1.54) is 18.3 Å². The third-order valence-corrected chi connectivity index (χ3v) is 7.97. The molecule has 0 saturated carbocycles. The molecule has 1 amide bonds. The molecule has 1 N–H and O–H groups in total. The Labute approximate surface area is 244 Å². The van der Waals surface area contributed by atoms with Crippen LogP contribution in [0.3, 0.4) is 0 Å². The number of nitrogens with one attached hydrogen (secondary N) is 1. The summed E-state index contributed by atoms with van der Waals surface area (Å²) in [7, 11) is 2.04. The lowest BCUT2D eigenvalue weighted by molar-refractivity contribution is -0.126. The summed E-state index contributed by atoms with van der Waals surface area (Å²) < 4.78 is 27.2. The Hall–Kier alpha value is -3.74. The minimum absolute atomic E-state index is 0.00746. The average molecular weight is 601 g/mol. The van der Waals surface area contributed by atoms with Gasteiger partial charge in [0.1, 0.15) is 33.4 Å². The Morgan fingerprint density at radius 1 is 1.15 bits per heavy atom. The lowest BCUT2D eigenvalue weighted by Gasteiger charge is -2.35. The van der Waals surface area contributed by atoms with Crippen LogP contribution in [0.2, 0.25) is 10.2 Å². The van der Waals surface area contributed by atoms with E-state index in [0.29, 0.717) is 53.8 Å². The summed E-state index contributed by atoms with van der Waals surface area (Å²) >= 11 is 12.8. The van der Waals surface area contributed by atoms with E-state index in [4.69, 9.17) is 42.6 Å². The molecule has 0 aliphatic carbocycles. The van der Waals surface area contributed by atoms with Crippen molar-refractivity contribution in [2.45, 2.75) is 13.0 Å². The van der Waals surface area contributed by atoms with Crippen LogP contribution in [-0.4, -0.2) is 93.3 Å². The number of ether oxygens (including phenoxy) is 2. The number of hydrogen-bond acceptors (Lipinski definition) is 9. The van der Waals surface area contributed by atoms with Gasteiger partial charge in [0.2, 0.25) is 11.8 Å². The first-order valence-electron chi connectivity index (χ1n) is 13.1. The summed E-state index contributed by atoms with van der Waals surface area (Å²) in [5, 5.41) is 7.61. The number of amides is 1. The highest BCUT2D eigenvalue weighted by Gasteiger charge is 2.31. The van der Waals surface area contributed by atoms with Gasteiger partial charge in [0.15, 0.2) is 5.75 Å². The third-order valence-electron chi connectivity index (χ3n) is 7.42. The topological polar surface area (TPSA) is 113 Å². The normalized spacial score (nSPS) is 19.7. The fourth-order valence-corrected chi connectivity index (χ4v) is 5.71. The predicted molar refractivity (Wildman–Crippen MR) is 154 cm³/mol. The van der Waals surface area contributed by atoms with Crippen molar-refractivity contribution >= 4 is 56.7 Å². The molecular weight excluding hydrogens is 574 g/mol. The highest BCUT2D eigenvalue weighted by atomic mass is 35.5. The van der Waals surface area contributed by atoms with Gasteiger partial charge < -0.3 is 24.2 Å². The maximum absolute atomic E-state index is 14.7. The SMILES string of the molecule is C=CC(=O)N1CCN(c2nc(OC3CN(C)CC3C)nc3c(Oc4c(Cl)c(F)cc5[nH]ncc45)nc(Cl)cc23)CC1. The number of nitrogens with zero attached hydrogens (tertiary/aromatic N) is 7. The molecule has 0 bridgehead atoms. The molecule has 11 nitrogen and oxygen atoms in total. The van der Waals surface area contributed by atoms with E-state index in [1.54, 1.807) is 11.0 Å². The summed E-state index contributed by atoms with van der Waals surface area (Å²) in [6, 6.07) is 3.04. The Bertz CT molecular complexity index is 1660. The summed E-state index contributed by atoms with van der Waals surface area (Å²) in [4.78, 5) is 32.0. The van der Waals surface area contributed by atoms with E-state index in [1.807, 2.05) is 11.9 Å². The molecule has 214 valence electrons. The molecule has 5 heterocycles. The maximum Gasteiger partial charge on any atom is 0.319 e. The lowest BCUT2D eigenvalue weighted by atomic mass is 10.1. The minimum atomic E-state index is -0.685. The summed E-state index contributed by atoms with van der Waals surface area (Å²) in [5.74, 6) is 0.0413. The van der Waals surface area contributed by atoms with Gasteiger partial charge in [-0.15, -0.1) is 0 Å². The predicted octanol–water partition coefficient (Wildman–Crippen LogP) is 4.30. The summed E-state index contributed by atoms with van der Waals surface area (Å²) in [6.07, 6.45) is 2.67. The van der Waals surface area contributed by atoms with Crippen molar-refractivity contribution in [3.63, 3.8) is 0 Å². The highest BCUT2D eigenvalue weighted by Crippen LogP contribution is 2.41. The van der Waals surface area contributed by atoms with E-state index < -0.39 is 5.82 Å². The van der Waals surface area contributed by atoms with Crippen molar-refractivity contribution < 1.29 is 18.7 Å². The molecule has 3 aromatic heterocycles. The molecule has 0 radical (unpaired) electrons. The minimum Gasteiger partial charge on any atom is -0.458 e. The molecule has 2 unspecified atom stereocenters. The number of likely N-dealkylation sites (tertiary alicyclic amines) is 1. The molecule has 6 rings (SSSR count). The number of benzene rings is 1. The Balaban J connectivity index is 1.46. The van der Waals surface area contributed by atoms with Crippen LogP contribution in [0, 0.1) is 11.7 Å². The third kappa shape index (κ3) is 5.22. The molecule has 2 saturated heterocycles. The number of rotatable bonds is 6. The number of hydrogen-bond donors (Lipinski definition) is 1. The second kappa shape index (κ2) is 10.9. The van der Waals surface area contributed by atoms with Crippen molar-refractivity contribution in [2.24, 2.45) is 5.92 Å². The first-order chi connectivity index (χ1) is 19.7. The summed E-state index contributed by atoms with van der Waals surface area (Å²) in [6.45, 7) is 9.29. The van der Waals surface area contributed by atoms with Crippen LogP contribution in [0.25, 0.3) is 21.8 Å². The van der Waals surface area contributed by atoms with Gasteiger partial charge in [-0.1, -0.05) is 36.7 Å². The van der Waals surface area contributed by atoms with Crippen LogP contribution in [0.4, 0.5) is 10.2 Å². The van der Waals surface area contributed by atoms with Gasteiger partial charge in [-0.3, -0.25) is 9.89 Å². The molecular formula is C27H27Cl2FN8O3. The zero-order valence-corrected chi connectivity index (χ0v) is 23.9. The first kappa shape index (κ1) is 27.4. The molecule has 14 heteroatoms. The number of pyridine rings is 1. The molecule has 2 atom stereocenters. The zero-order valence-electron chi connectivity index (χ0n) is 22.4. The van der Waals surface area contributed by atoms with Crippen molar-refractivity contribution in [1.29, 1.82) is 0 Å². The van der Waals surface area contributed by atoms with E-state index in [9.17, 15) is 9.18 Å². The number of H-pyrrole nitrogens is 1. The monoisotopic (exact) mass is 600 g/mol. The number of fused-ring (bicyclic) bond motifs is 2. The standard InChI is InChI=1S/C27H27Cl2FN8O3/c1-4-21(39)37-5-7-38(8-6-37)25-15-9-20(28)32-26(41-24-16-11-31-35-18(16)10-17(30)22(24)29)23(15)33-27(34-25)40-19-13-36(3)12-14(19)2/h4,9-11,14,19H,1,5-8,12-13H2,2-3H3,(H,31,35). The van der Waals surface area contributed by atoms with E-state index in [-0.39, 0.29) is 45.7 Å². The Morgan fingerprint density at radius 2 is 1.93 bits per heavy atom. The molecule has 2 fully saturated rings. The van der Waals surface area contributed by atoms with Gasteiger partial charge in [0.05, 0.1) is 22.5 Å². The fraction of sp³-hybridized carbons (Fsp3) is 0.370. The van der Waals surface area contributed by atoms with Crippen LogP contribution >= 0.6 is 23.2 Å². The van der Waals surface area contributed by atoms with Crippen LogP contribution in [0.15, 0.2) is 31.0 Å². The maximum atomic E-state index is 14.7. The van der Waals surface area contributed by atoms with Crippen molar-refractivity contribution in [3.05, 3.63) is 47.0 Å². The Kier molecular flexibility index (Phi) is 7.30. The summed E-state index contributed by atoms with van der Waals surface area (Å²) in [5.41, 5.74) is 0.717. The van der Waals surface area contributed by atoms with E-state index >= 15 is 0 Å². The van der Waals surface area contributed by atoms with E-state index in [0.717, 1.165) is 13.1 Å². The molecule has 1 aromatic carbocycles. The number of likely N-dealkylation sites (N-methyl/N-ethyl adjacent to an activating group) is 1. The van der Waals surface area contributed by atoms with Crippen LogP contribution in [0.5, 0.6) is 17.6 Å². The number of halogens is 3. The molecule has 41 heavy (non-hydrogen) atoms. The average Bonchev–Trinajstić information content (AvgIpc) is 3.55. The number of aromatic amines is 1. The van der Waals surface area contributed by atoms with Crippen molar-refractivity contribution in [2.75, 3.05) is 51.2 Å². The Morgan fingerprint density at radius 3 is 2.63 bits per heavy atom. The molecule has 4 aromatic rings. The first-order valence-corrected chi connectivity index (χ1v) is 13.9. The molecule has 2 aliphatic heterocycles. The van der Waals surface area contributed by atoms with Crippen molar-refractivity contribution in [3.8, 4) is 17.6 Å². The number of carbonyl (C=O) groups excluding carboxylic acids is 1. The number of carbonyl (C=O) groups is 1. The molecule has 0 spiro atoms.